The molecule has 0 radical (unpaired) electrons. The zero-order valence-corrected chi connectivity index (χ0v) is 18.5. The third kappa shape index (κ3) is 6.74. The van der Waals surface area contributed by atoms with Crippen molar-refractivity contribution in [1.82, 2.24) is 4.72 Å². The number of benzene rings is 2. The Morgan fingerprint density at radius 3 is 2.32 bits per heavy atom. The molecule has 2 rings (SSSR count). The number of rotatable bonds is 8. The third-order valence-electron chi connectivity index (χ3n) is 4.11. The van der Waals surface area contributed by atoms with Crippen molar-refractivity contribution in [3.05, 3.63) is 58.6 Å². The van der Waals surface area contributed by atoms with Gasteiger partial charge in [0, 0.05) is 5.02 Å². The van der Waals surface area contributed by atoms with Gasteiger partial charge in [0.15, 0.2) is 0 Å². The molecular formula is C18H19ClN2O8S2. The van der Waals surface area contributed by atoms with Gasteiger partial charge in [0.2, 0.25) is 0 Å². The van der Waals surface area contributed by atoms with E-state index < -0.39 is 56.0 Å². The van der Waals surface area contributed by atoms with E-state index in [-0.39, 0.29) is 15.5 Å². The first-order valence-electron chi connectivity index (χ1n) is 8.60. The fourth-order valence-corrected chi connectivity index (χ4v) is 4.28. The van der Waals surface area contributed by atoms with Crippen LogP contribution in [0.3, 0.4) is 0 Å². The maximum atomic E-state index is 12.1. The standard InChI is InChI=1S/C18H19ClN2O8S2/c1-11-12(7-14(9-15(11)19)31(26,27)28)8-17(22)29-10-16(20)18(23)21-30(24,25)13-5-3-2-4-6-13/h2-7,9,16H,8,10,20H2,1H3,(H,21,23)(H,26,27,28)/t16-/m0/s1. The fourth-order valence-electron chi connectivity index (χ4n) is 2.37. The molecule has 1 atom stereocenters. The summed E-state index contributed by atoms with van der Waals surface area (Å²) in [6.07, 6.45) is -0.425. The molecular weight excluding hydrogens is 472 g/mol. The predicted molar refractivity (Wildman–Crippen MR) is 110 cm³/mol. The quantitative estimate of drug-likeness (QED) is 0.358. The molecule has 31 heavy (non-hydrogen) atoms. The molecule has 2 aromatic rings. The predicted octanol–water partition coefficient (Wildman–Crippen LogP) is 0.813. The van der Waals surface area contributed by atoms with E-state index >= 15 is 0 Å². The van der Waals surface area contributed by atoms with Crippen LogP contribution in [0.2, 0.25) is 5.02 Å². The smallest absolute Gasteiger partial charge is 0.310 e. The van der Waals surface area contributed by atoms with Crippen LogP contribution >= 0.6 is 11.6 Å². The van der Waals surface area contributed by atoms with Gasteiger partial charge in [0.1, 0.15) is 12.6 Å². The monoisotopic (exact) mass is 490 g/mol. The summed E-state index contributed by atoms with van der Waals surface area (Å²) >= 11 is 5.93. The lowest BCUT2D eigenvalue weighted by Gasteiger charge is -2.14. The highest BCUT2D eigenvalue weighted by atomic mass is 35.5. The van der Waals surface area contributed by atoms with Gasteiger partial charge in [-0.05, 0) is 42.3 Å². The average Bonchev–Trinajstić information content (AvgIpc) is 2.69. The largest absolute Gasteiger partial charge is 0.463 e. The summed E-state index contributed by atoms with van der Waals surface area (Å²) in [5, 5.41) is 0.0140. The van der Waals surface area contributed by atoms with E-state index in [1.165, 1.54) is 31.2 Å². The molecule has 0 aromatic heterocycles. The van der Waals surface area contributed by atoms with Crippen LogP contribution in [0.25, 0.3) is 0 Å². The molecule has 13 heteroatoms. The second kappa shape index (κ2) is 9.75. The Morgan fingerprint density at radius 1 is 1.13 bits per heavy atom. The van der Waals surface area contributed by atoms with Crippen LogP contribution in [-0.2, 0) is 40.9 Å². The summed E-state index contributed by atoms with van der Waals surface area (Å²) in [5.41, 5.74) is 6.16. The maximum Gasteiger partial charge on any atom is 0.310 e. The first-order valence-corrected chi connectivity index (χ1v) is 11.9. The molecule has 0 heterocycles. The zero-order chi connectivity index (χ0) is 23.4. The van der Waals surface area contributed by atoms with Gasteiger partial charge in [-0.2, -0.15) is 8.42 Å². The summed E-state index contributed by atoms with van der Waals surface area (Å²) in [6.45, 7) is 0.909. The van der Waals surface area contributed by atoms with Crippen molar-refractivity contribution in [3.8, 4) is 0 Å². The van der Waals surface area contributed by atoms with Gasteiger partial charge in [-0.15, -0.1) is 0 Å². The highest BCUT2D eigenvalue weighted by Crippen LogP contribution is 2.25. The lowest BCUT2D eigenvalue weighted by atomic mass is 10.1. The normalized spacial score (nSPS) is 12.8. The van der Waals surface area contributed by atoms with Gasteiger partial charge in [0.05, 0.1) is 16.2 Å². The summed E-state index contributed by atoms with van der Waals surface area (Å²) in [7, 11) is -8.68. The Kier molecular flexibility index (Phi) is 7.78. The molecule has 10 nitrogen and oxygen atoms in total. The molecule has 0 aliphatic rings. The van der Waals surface area contributed by atoms with Crippen molar-refractivity contribution in [2.45, 2.75) is 29.2 Å². The number of hydrogen-bond donors (Lipinski definition) is 3. The van der Waals surface area contributed by atoms with E-state index in [0.717, 1.165) is 12.1 Å². The first-order chi connectivity index (χ1) is 14.3. The number of carbonyl (C=O) groups excluding carboxylic acids is 2. The molecule has 0 spiro atoms. The summed E-state index contributed by atoms with van der Waals surface area (Å²) in [5.74, 6) is -1.95. The number of amides is 1. The Labute approximate surface area is 184 Å². The van der Waals surface area contributed by atoms with E-state index in [0.29, 0.717) is 5.56 Å². The Hall–Kier alpha value is -2.51. The minimum Gasteiger partial charge on any atom is -0.463 e. The molecule has 0 aliphatic heterocycles. The van der Waals surface area contributed by atoms with Crippen LogP contribution in [0.5, 0.6) is 0 Å². The highest BCUT2D eigenvalue weighted by Gasteiger charge is 2.23. The molecule has 0 saturated heterocycles. The average molecular weight is 491 g/mol. The van der Waals surface area contributed by atoms with Crippen molar-refractivity contribution in [1.29, 1.82) is 0 Å². The summed E-state index contributed by atoms with van der Waals surface area (Å²) in [6, 6.07) is 7.76. The van der Waals surface area contributed by atoms with Gasteiger partial charge in [-0.25, -0.2) is 13.1 Å². The van der Waals surface area contributed by atoms with Gasteiger partial charge < -0.3 is 10.5 Å². The van der Waals surface area contributed by atoms with E-state index in [2.05, 4.69) is 0 Å². The number of hydrogen-bond acceptors (Lipinski definition) is 8. The number of nitrogens with one attached hydrogen (secondary N) is 1. The van der Waals surface area contributed by atoms with Gasteiger partial charge in [-0.1, -0.05) is 29.8 Å². The van der Waals surface area contributed by atoms with Crippen molar-refractivity contribution in [2.75, 3.05) is 6.61 Å². The number of esters is 1. The topological polar surface area (TPSA) is 170 Å². The van der Waals surface area contributed by atoms with Gasteiger partial charge in [0.25, 0.3) is 26.0 Å². The second-order valence-electron chi connectivity index (χ2n) is 6.41. The number of sulfonamides is 1. The van der Waals surface area contributed by atoms with Gasteiger partial charge in [-0.3, -0.25) is 14.1 Å². The maximum absolute atomic E-state index is 12.1. The number of nitrogens with two attached hydrogens (primary N) is 1. The zero-order valence-electron chi connectivity index (χ0n) is 16.1. The molecule has 0 saturated carbocycles. The second-order valence-corrected chi connectivity index (χ2v) is 9.92. The minimum absolute atomic E-state index is 0.0140. The Morgan fingerprint density at radius 2 is 1.74 bits per heavy atom. The SMILES string of the molecule is Cc1c(Cl)cc(S(=O)(=O)O)cc1CC(=O)OC[C@H](N)C(=O)NS(=O)(=O)c1ccccc1. The van der Waals surface area contributed by atoms with Gasteiger partial charge >= 0.3 is 5.97 Å². The molecule has 0 aliphatic carbocycles. The van der Waals surface area contributed by atoms with Crippen LogP contribution in [0.4, 0.5) is 0 Å². The lowest BCUT2D eigenvalue weighted by molar-refractivity contribution is -0.144. The van der Waals surface area contributed by atoms with Crippen molar-refractivity contribution in [2.24, 2.45) is 5.73 Å². The first kappa shape index (κ1) is 24.8. The summed E-state index contributed by atoms with van der Waals surface area (Å²) in [4.78, 5) is 23.5. The molecule has 2 aromatic carbocycles. The molecule has 168 valence electrons. The van der Waals surface area contributed by atoms with Crippen LogP contribution in [0, 0.1) is 6.92 Å². The number of carbonyl (C=O) groups is 2. The molecule has 4 N–H and O–H groups in total. The molecule has 1 amide bonds. The van der Waals surface area contributed by atoms with E-state index in [1.807, 2.05) is 0 Å². The highest BCUT2D eigenvalue weighted by molar-refractivity contribution is 7.90. The molecule has 0 bridgehead atoms. The lowest BCUT2D eigenvalue weighted by Crippen LogP contribution is -2.46. The van der Waals surface area contributed by atoms with Crippen LogP contribution in [0.1, 0.15) is 11.1 Å². The molecule has 0 unspecified atom stereocenters. The van der Waals surface area contributed by atoms with Crippen LogP contribution < -0.4 is 10.5 Å². The summed E-state index contributed by atoms with van der Waals surface area (Å²) < 4.78 is 62.7. The van der Waals surface area contributed by atoms with E-state index in [9.17, 15) is 26.4 Å². The van der Waals surface area contributed by atoms with E-state index in [1.54, 1.807) is 10.8 Å². The van der Waals surface area contributed by atoms with Crippen molar-refractivity contribution in [3.63, 3.8) is 0 Å². The van der Waals surface area contributed by atoms with Crippen molar-refractivity contribution >= 4 is 43.6 Å². The fraction of sp³-hybridized carbons (Fsp3) is 0.222. The van der Waals surface area contributed by atoms with Crippen LogP contribution in [0.15, 0.2) is 52.3 Å². The third-order valence-corrected chi connectivity index (χ3v) is 6.69. The number of halogens is 1. The Balaban J connectivity index is 2.00. The number of ether oxygens (including phenoxy) is 1. The van der Waals surface area contributed by atoms with Crippen molar-refractivity contribution < 1.29 is 35.7 Å². The molecule has 0 fully saturated rings. The van der Waals surface area contributed by atoms with E-state index in [4.69, 9.17) is 26.6 Å². The van der Waals surface area contributed by atoms with Crippen LogP contribution in [-0.4, -0.2) is 45.9 Å². The minimum atomic E-state index is -4.54. The Bertz CT molecular complexity index is 1200.